The van der Waals surface area contributed by atoms with Gasteiger partial charge in [0.15, 0.2) is 0 Å². The number of nitrogen functional groups attached to an aromatic ring is 1. The molecular formula is C10H10ClFN2O. The molecule has 0 saturated heterocycles. The van der Waals surface area contributed by atoms with E-state index in [-0.39, 0.29) is 17.3 Å². The molecule has 0 bridgehead atoms. The zero-order valence-corrected chi connectivity index (χ0v) is 8.86. The minimum Gasteiger partial charge on any atom is -0.479 e. The fourth-order valence-corrected chi connectivity index (χ4v) is 1.14. The number of halogens is 2. The third kappa shape index (κ3) is 3.01. The third-order valence-corrected chi connectivity index (χ3v) is 1.95. The van der Waals surface area contributed by atoms with Crippen LogP contribution in [0.15, 0.2) is 12.1 Å². The van der Waals surface area contributed by atoms with E-state index in [2.05, 4.69) is 17.3 Å². The minimum absolute atomic E-state index is 0.124. The highest BCUT2D eigenvalue weighted by molar-refractivity contribution is 6.32. The molecule has 3 N–H and O–H groups in total. The zero-order chi connectivity index (χ0) is 11.3. The molecule has 80 valence electrons. The van der Waals surface area contributed by atoms with Crippen LogP contribution in [0.1, 0.15) is 6.92 Å². The van der Waals surface area contributed by atoms with E-state index in [1.807, 2.05) is 0 Å². The summed E-state index contributed by atoms with van der Waals surface area (Å²) in [6.07, 6.45) is 0. The van der Waals surface area contributed by atoms with Crippen LogP contribution < -0.4 is 16.0 Å². The summed E-state index contributed by atoms with van der Waals surface area (Å²) < 4.78 is 18.3. The molecule has 0 aliphatic carbocycles. The smallest absolute Gasteiger partial charge is 0.149 e. The maximum absolute atomic E-state index is 13.1. The summed E-state index contributed by atoms with van der Waals surface area (Å²) in [7, 11) is 0. The van der Waals surface area contributed by atoms with Crippen LogP contribution in [0.25, 0.3) is 0 Å². The van der Waals surface area contributed by atoms with Gasteiger partial charge in [-0.25, -0.2) is 4.39 Å². The fraction of sp³-hybridized carbons (Fsp3) is 0.200. The molecule has 0 amide bonds. The highest BCUT2D eigenvalue weighted by atomic mass is 35.5. The van der Waals surface area contributed by atoms with Gasteiger partial charge in [-0.1, -0.05) is 17.5 Å². The van der Waals surface area contributed by atoms with Crippen molar-refractivity contribution in [3.8, 4) is 17.6 Å². The molecule has 1 rings (SSSR count). The number of hydrogen-bond donors (Lipinski definition) is 2. The number of nitrogens with two attached hydrogens (primary N) is 1. The summed E-state index contributed by atoms with van der Waals surface area (Å²) in [5.41, 5.74) is 2.33. The van der Waals surface area contributed by atoms with Crippen molar-refractivity contribution in [2.45, 2.75) is 6.92 Å². The summed E-state index contributed by atoms with van der Waals surface area (Å²) in [4.78, 5) is 0. The van der Waals surface area contributed by atoms with E-state index in [0.717, 1.165) is 6.07 Å². The van der Waals surface area contributed by atoms with Crippen LogP contribution in [0.5, 0.6) is 5.75 Å². The maximum Gasteiger partial charge on any atom is 0.149 e. The fourth-order valence-electron chi connectivity index (χ4n) is 0.936. The first-order valence-electron chi connectivity index (χ1n) is 4.17. The van der Waals surface area contributed by atoms with Gasteiger partial charge in [0, 0.05) is 6.07 Å². The predicted octanol–water partition coefficient (Wildman–Crippen LogP) is 2.17. The summed E-state index contributed by atoms with van der Waals surface area (Å²) in [6, 6.07) is 2.51. The molecular weight excluding hydrogens is 219 g/mol. The molecule has 0 fully saturated rings. The Balaban J connectivity index is 2.90. The van der Waals surface area contributed by atoms with Crippen LogP contribution in [0.3, 0.4) is 0 Å². The maximum atomic E-state index is 13.1. The monoisotopic (exact) mass is 228 g/mol. The van der Waals surface area contributed by atoms with Crippen molar-refractivity contribution in [1.82, 2.24) is 0 Å². The lowest BCUT2D eigenvalue weighted by atomic mass is 10.3. The van der Waals surface area contributed by atoms with Gasteiger partial charge >= 0.3 is 0 Å². The van der Waals surface area contributed by atoms with Gasteiger partial charge in [0.25, 0.3) is 0 Å². The van der Waals surface area contributed by atoms with Crippen LogP contribution in [0.2, 0.25) is 5.02 Å². The van der Waals surface area contributed by atoms with E-state index in [1.54, 1.807) is 6.92 Å². The summed E-state index contributed by atoms with van der Waals surface area (Å²) >= 11 is 5.76. The Hall–Kier alpha value is -1.44. The van der Waals surface area contributed by atoms with Crippen molar-refractivity contribution in [2.75, 3.05) is 12.0 Å². The number of rotatable bonds is 3. The highest BCUT2D eigenvalue weighted by Gasteiger charge is 2.08. The number of nitrogens with one attached hydrogen (secondary N) is 1. The van der Waals surface area contributed by atoms with Gasteiger partial charge in [0.2, 0.25) is 0 Å². The van der Waals surface area contributed by atoms with Gasteiger partial charge in [0.05, 0.1) is 10.7 Å². The Bertz CT molecular complexity index is 412. The Labute approximate surface area is 92.3 Å². The SMILES string of the molecule is CC#CCOc1cc(NN)c(F)cc1Cl. The Morgan fingerprint density at radius 1 is 1.60 bits per heavy atom. The lowest BCUT2D eigenvalue weighted by Crippen LogP contribution is -2.09. The van der Waals surface area contributed by atoms with E-state index in [9.17, 15) is 4.39 Å². The molecule has 0 heterocycles. The molecule has 3 nitrogen and oxygen atoms in total. The second kappa shape index (κ2) is 5.44. The van der Waals surface area contributed by atoms with Crippen LogP contribution >= 0.6 is 11.6 Å². The van der Waals surface area contributed by atoms with Gasteiger partial charge in [-0.15, -0.1) is 5.92 Å². The van der Waals surface area contributed by atoms with Gasteiger partial charge in [-0.3, -0.25) is 5.84 Å². The number of ether oxygens (including phenoxy) is 1. The second-order valence-corrected chi connectivity index (χ2v) is 3.03. The second-order valence-electron chi connectivity index (χ2n) is 2.62. The molecule has 0 aliphatic heterocycles. The lowest BCUT2D eigenvalue weighted by molar-refractivity contribution is 0.370. The molecule has 0 atom stereocenters. The van der Waals surface area contributed by atoms with Gasteiger partial charge in [-0.2, -0.15) is 0 Å². The minimum atomic E-state index is -0.531. The summed E-state index contributed by atoms with van der Waals surface area (Å²) in [5.74, 6) is 10.3. The summed E-state index contributed by atoms with van der Waals surface area (Å²) in [5, 5.41) is 0.185. The number of benzene rings is 1. The molecule has 0 aliphatic rings. The van der Waals surface area contributed by atoms with Crippen LogP contribution in [-0.2, 0) is 0 Å². The van der Waals surface area contributed by atoms with Gasteiger partial charge < -0.3 is 10.2 Å². The molecule has 0 saturated carbocycles. The highest BCUT2D eigenvalue weighted by Crippen LogP contribution is 2.29. The molecule has 0 aromatic heterocycles. The first-order valence-corrected chi connectivity index (χ1v) is 4.55. The van der Waals surface area contributed by atoms with Crippen molar-refractivity contribution in [2.24, 2.45) is 5.84 Å². The molecule has 1 aromatic rings. The molecule has 0 radical (unpaired) electrons. The zero-order valence-electron chi connectivity index (χ0n) is 8.10. The molecule has 15 heavy (non-hydrogen) atoms. The average molecular weight is 229 g/mol. The van der Waals surface area contributed by atoms with Crippen LogP contribution in [0.4, 0.5) is 10.1 Å². The van der Waals surface area contributed by atoms with E-state index >= 15 is 0 Å². The number of hydrogen-bond acceptors (Lipinski definition) is 3. The molecule has 0 spiro atoms. The largest absolute Gasteiger partial charge is 0.479 e. The summed E-state index contributed by atoms with van der Waals surface area (Å²) in [6.45, 7) is 1.90. The van der Waals surface area contributed by atoms with Crippen molar-refractivity contribution in [3.05, 3.63) is 23.0 Å². The Kier molecular flexibility index (Phi) is 4.22. The van der Waals surface area contributed by atoms with Gasteiger partial charge in [-0.05, 0) is 13.0 Å². The number of anilines is 1. The lowest BCUT2D eigenvalue weighted by Gasteiger charge is -2.08. The van der Waals surface area contributed by atoms with E-state index in [1.165, 1.54) is 6.07 Å². The van der Waals surface area contributed by atoms with E-state index in [0.29, 0.717) is 5.75 Å². The van der Waals surface area contributed by atoms with E-state index in [4.69, 9.17) is 22.2 Å². The average Bonchev–Trinajstić information content (AvgIpc) is 2.21. The standard InChI is InChI=1S/C10H10ClFN2O/c1-2-3-4-15-10-6-9(14-13)8(12)5-7(10)11/h5-6,14H,4,13H2,1H3. The van der Waals surface area contributed by atoms with Crippen molar-refractivity contribution in [1.29, 1.82) is 0 Å². The first-order chi connectivity index (χ1) is 7.19. The molecule has 0 unspecified atom stereocenters. The van der Waals surface area contributed by atoms with Crippen molar-refractivity contribution < 1.29 is 9.13 Å². The number of hydrazine groups is 1. The Morgan fingerprint density at radius 2 is 2.33 bits per heavy atom. The molecule has 1 aromatic carbocycles. The first kappa shape index (κ1) is 11.6. The normalized spacial score (nSPS) is 9.07. The van der Waals surface area contributed by atoms with Crippen LogP contribution in [-0.4, -0.2) is 6.61 Å². The predicted molar refractivity (Wildman–Crippen MR) is 58.2 cm³/mol. The third-order valence-electron chi connectivity index (χ3n) is 1.65. The quantitative estimate of drug-likeness (QED) is 0.474. The Morgan fingerprint density at radius 3 is 2.93 bits per heavy atom. The van der Waals surface area contributed by atoms with E-state index < -0.39 is 5.82 Å². The van der Waals surface area contributed by atoms with Gasteiger partial charge in [0.1, 0.15) is 18.2 Å². The van der Waals surface area contributed by atoms with Crippen LogP contribution in [0, 0.1) is 17.7 Å². The molecule has 5 heteroatoms. The topological polar surface area (TPSA) is 47.3 Å². The van der Waals surface area contributed by atoms with Crippen molar-refractivity contribution >= 4 is 17.3 Å². The van der Waals surface area contributed by atoms with Crippen molar-refractivity contribution in [3.63, 3.8) is 0 Å².